The van der Waals surface area contributed by atoms with Gasteiger partial charge < -0.3 is 4.90 Å². The summed E-state index contributed by atoms with van der Waals surface area (Å²) in [7, 11) is 2.15. The van der Waals surface area contributed by atoms with Crippen LogP contribution in [0.4, 0.5) is 0 Å². The van der Waals surface area contributed by atoms with E-state index in [1.54, 1.807) is 0 Å². The van der Waals surface area contributed by atoms with E-state index < -0.39 is 0 Å². The largest absolute Gasteiger partial charge is 0.302 e. The zero-order chi connectivity index (χ0) is 9.84. The molecule has 1 aromatic rings. The topological polar surface area (TPSA) is 3.24 Å². The van der Waals surface area contributed by atoms with Gasteiger partial charge in [-0.2, -0.15) is 0 Å². The normalized spacial score (nSPS) is 10.8. The van der Waals surface area contributed by atoms with Crippen LogP contribution in [-0.2, 0) is 6.54 Å². The molecule has 0 heterocycles. The Bertz CT molecular complexity index is 278. The van der Waals surface area contributed by atoms with Crippen molar-refractivity contribution in [3.63, 3.8) is 0 Å². The lowest BCUT2D eigenvalue weighted by Gasteiger charge is -2.16. The molecule has 0 saturated heterocycles. The molecule has 1 aromatic carbocycles. The Balaban J connectivity index is 2.83. The van der Waals surface area contributed by atoms with Gasteiger partial charge in [-0.1, -0.05) is 25.1 Å². The SMILES string of the molecule is CCN(C)Cc1cccc(C)c1C. The van der Waals surface area contributed by atoms with Crippen molar-refractivity contribution in [3.8, 4) is 0 Å². The van der Waals surface area contributed by atoms with Crippen molar-refractivity contribution in [2.75, 3.05) is 13.6 Å². The highest BCUT2D eigenvalue weighted by atomic mass is 15.1. The molecule has 1 nitrogen and oxygen atoms in total. The second-order valence-corrected chi connectivity index (χ2v) is 3.69. The van der Waals surface area contributed by atoms with Gasteiger partial charge in [-0.25, -0.2) is 0 Å². The van der Waals surface area contributed by atoms with E-state index in [1.165, 1.54) is 16.7 Å². The Morgan fingerprint density at radius 3 is 2.54 bits per heavy atom. The van der Waals surface area contributed by atoms with E-state index in [9.17, 15) is 0 Å². The molecule has 72 valence electrons. The number of hydrogen-bond acceptors (Lipinski definition) is 1. The van der Waals surface area contributed by atoms with Crippen LogP contribution in [0.1, 0.15) is 23.6 Å². The fraction of sp³-hybridized carbons (Fsp3) is 0.500. The van der Waals surface area contributed by atoms with E-state index in [-0.39, 0.29) is 0 Å². The fourth-order valence-electron chi connectivity index (χ4n) is 1.39. The molecule has 0 aliphatic heterocycles. The third-order valence-electron chi connectivity index (χ3n) is 2.70. The standard InChI is InChI=1S/C12H19N/c1-5-13(4)9-12-8-6-7-10(2)11(12)3/h6-8H,5,9H2,1-4H3. The van der Waals surface area contributed by atoms with Gasteiger partial charge in [0, 0.05) is 6.54 Å². The molecule has 0 amide bonds. The maximum absolute atomic E-state index is 2.32. The summed E-state index contributed by atoms with van der Waals surface area (Å²) >= 11 is 0. The quantitative estimate of drug-likeness (QED) is 0.686. The van der Waals surface area contributed by atoms with Crippen molar-refractivity contribution in [1.29, 1.82) is 0 Å². The zero-order valence-corrected chi connectivity index (χ0v) is 9.09. The molecule has 1 rings (SSSR count). The summed E-state index contributed by atoms with van der Waals surface area (Å²) in [5.41, 5.74) is 4.27. The summed E-state index contributed by atoms with van der Waals surface area (Å²) in [6.45, 7) is 8.72. The third-order valence-corrected chi connectivity index (χ3v) is 2.70. The lowest BCUT2D eigenvalue weighted by atomic mass is 10.0. The minimum atomic E-state index is 1.06. The van der Waals surface area contributed by atoms with Crippen LogP contribution >= 0.6 is 0 Å². The molecule has 0 N–H and O–H groups in total. The van der Waals surface area contributed by atoms with Crippen molar-refractivity contribution in [1.82, 2.24) is 4.90 Å². The Kier molecular flexibility index (Phi) is 3.49. The molecule has 0 fully saturated rings. The van der Waals surface area contributed by atoms with Gasteiger partial charge >= 0.3 is 0 Å². The van der Waals surface area contributed by atoms with Crippen LogP contribution in [0.5, 0.6) is 0 Å². The van der Waals surface area contributed by atoms with Crippen LogP contribution < -0.4 is 0 Å². The molecule has 0 aliphatic carbocycles. The van der Waals surface area contributed by atoms with Crippen LogP contribution in [0.15, 0.2) is 18.2 Å². The average molecular weight is 177 g/mol. The molecule has 0 aliphatic rings. The zero-order valence-electron chi connectivity index (χ0n) is 9.09. The fourth-order valence-corrected chi connectivity index (χ4v) is 1.39. The highest BCUT2D eigenvalue weighted by Crippen LogP contribution is 2.13. The third kappa shape index (κ3) is 2.56. The molecule has 1 heteroatoms. The molecule has 0 radical (unpaired) electrons. The minimum absolute atomic E-state index is 1.06. The average Bonchev–Trinajstić information content (AvgIpc) is 2.13. The minimum Gasteiger partial charge on any atom is -0.302 e. The summed E-state index contributed by atoms with van der Waals surface area (Å²) < 4.78 is 0. The molecular weight excluding hydrogens is 158 g/mol. The predicted octanol–water partition coefficient (Wildman–Crippen LogP) is 2.76. The summed E-state index contributed by atoms with van der Waals surface area (Å²) in [6, 6.07) is 6.53. The second kappa shape index (κ2) is 4.43. The maximum Gasteiger partial charge on any atom is 0.0233 e. The van der Waals surface area contributed by atoms with Crippen LogP contribution in [0.3, 0.4) is 0 Å². The highest BCUT2D eigenvalue weighted by Gasteiger charge is 2.02. The van der Waals surface area contributed by atoms with Crippen molar-refractivity contribution < 1.29 is 0 Å². The summed E-state index contributed by atoms with van der Waals surface area (Å²) in [5, 5.41) is 0. The Morgan fingerprint density at radius 2 is 1.92 bits per heavy atom. The van der Waals surface area contributed by atoms with Crippen LogP contribution in [0.2, 0.25) is 0 Å². The van der Waals surface area contributed by atoms with Crippen molar-refractivity contribution in [2.24, 2.45) is 0 Å². The number of aryl methyl sites for hydroxylation is 1. The van der Waals surface area contributed by atoms with Gasteiger partial charge in [0.25, 0.3) is 0 Å². The van der Waals surface area contributed by atoms with Gasteiger partial charge in [0.1, 0.15) is 0 Å². The van der Waals surface area contributed by atoms with Crippen molar-refractivity contribution in [2.45, 2.75) is 27.3 Å². The predicted molar refractivity (Wildman–Crippen MR) is 57.9 cm³/mol. The lowest BCUT2D eigenvalue weighted by Crippen LogP contribution is -2.17. The van der Waals surface area contributed by atoms with Crippen LogP contribution in [-0.4, -0.2) is 18.5 Å². The number of hydrogen-bond donors (Lipinski definition) is 0. The van der Waals surface area contributed by atoms with Crippen molar-refractivity contribution >= 4 is 0 Å². The summed E-state index contributed by atoms with van der Waals surface area (Å²) in [5.74, 6) is 0. The molecule has 0 saturated carbocycles. The van der Waals surface area contributed by atoms with Gasteiger partial charge in [0.05, 0.1) is 0 Å². The van der Waals surface area contributed by atoms with Gasteiger partial charge in [-0.3, -0.25) is 0 Å². The highest BCUT2D eigenvalue weighted by molar-refractivity contribution is 5.32. The van der Waals surface area contributed by atoms with Crippen LogP contribution in [0.25, 0.3) is 0 Å². The summed E-state index contributed by atoms with van der Waals surface area (Å²) in [6.07, 6.45) is 0. The van der Waals surface area contributed by atoms with Crippen molar-refractivity contribution in [3.05, 3.63) is 34.9 Å². The number of benzene rings is 1. The first-order valence-electron chi connectivity index (χ1n) is 4.88. The monoisotopic (exact) mass is 177 g/mol. The molecule has 0 unspecified atom stereocenters. The Hall–Kier alpha value is -0.820. The van der Waals surface area contributed by atoms with Gasteiger partial charge in [-0.05, 0) is 44.1 Å². The summed E-state index contributed by atoms with van der Waals surface area (Å²) in [4.78, 5) is 2.32. The second-order valence-electron chi connectivity index (χ2n) is 3.69. The van der Waals surface area contributed by atoms with Gasteiger partial charge in [0.2, 0.25) is 0 Å². The van der Waals surface area contributed by atoms with E-state index in [0.717, 1.165) is 13.1 Å². The van der Waals surface area contributed by atoms with E-state index in [0.29, 0.717) is 0 Å². The first kappa shape index (κ1) is 10.3. The van der Waals surface area contributed by atoms with E-state index in [2.05, 4.69) is 50.9 Å². The van der Waals surface area contributed by atoms with Gasteiger partial charge in [-0.15, -0.1) is 0 Å². The molecule has 13 heavy (non-hydrogen) atoms. The maximum atomic E-state index is 2.32. The van der Waals surface area contributed by atoms with Crippen LogP contribution in [0, 0.1) is 13.8 Å². The van der Waals surface area contributed by atoms with E-state index in [4.69, 9.17) is 0 Å². The lowest BCUT2D eigenvalue weighted by molar-refractivity contribution is 0.345. The number of rotatable bonds is 3. The van der Waals surface area contributed by atoms with Gasteiger partial charge in [0.15, 0.2) is 0 Å². The first-order valence-corrected chi connectivity index (χ1v) is 4.88. The molecule has 0 aromatic heterocycles. The Morgan fingerprint density at radius 1 is 1.23 bits per heavy atom. The number of nitrogens with zero attached hydrogens (tertiary/aromatic N) is 1. The molecule has 0 atom stereocenters. The first-order chi connectivity index (χ1) is 6.15. The van der Waals surface area contributed by atoms with E-state index >= 15 is 0 Å². The molecule has 0 spiro atoms. The molecule has 0 bridgehead atoms. The Labute approximate surface area is 81.4 Å². The van der Waals surface area contributed by atoms with E-state index in [1.807, 2.05) is 0 Å². The molecular formula is C12H19N. The smallest absolute Gasteiger partial charge is 0.0233 e.